The molecule has 3 aromatic rings. The smallest absolute Gasteiger partial charge is 0.337 e. The second-order valence-corrected chi connectivity index (χ2v) is 6.39. The van der Waals surface area contributed by atoms with Crippen molar-refractivity contribution in [3.05, 3.63) is 69.3 Å². The molecule has 1 aromatic heterocycles. The standard InChI is InChI=1S/C21H20N2O6/c1-12-4-7-17(27-2)14(8-12)10-19(24)29-11-18-22-16-9-13(21(26)28-3)5-6-15(16)20(25)23-18/h4-9H,10-11H2,1-3H3,(H,22,23,25). The first kappa shape index (κ1) is 20.1. The Morgan fingerprint density at radius 3 is 2.62 bits per heavy atom. The molecule has 0 atom stereocenters. The van der Waals surface area contributed by atoms with Crippen LogP contribution in [0.25, 0.3) is 10.9 Å². The van der Waals surface area contributed by atoms with E-state index < -0.39 is 17.5 Å². The van der Waals surface area contributed by atoms with Gasteiger partial charge in [-0.3, -0.25) is 9.59 Å². The van der Waals surface area contributed by atoms with Crippen molar-refractivity contribution in [3.63, 3.8) is 0 Å². The fourth-order valence-electron chi connectivity index (χ4n) is 2.90. The summed E-state index contributed by atoms with van der Waals surface area (Å²) in [5.74, 6) is -0.247. The summed E-state index contributed by atoms with van der Waals surface area (Å²) in [4.78, 5) is 43.0. The molecule has 0 fully saturated rings. The van der Waals surface area contributed by atoms with Gasteiger partial charge in [-0.2, -0.15) is 0 Å². The molecule has 1 heterocycles. The number of fused-ring (bicyclic) bond motifs is 1. The van der Waals surface area contributed by atoms with E-state index >= 15 is 0 Å². The lowest BCUT2D eigenvalue weighted by Crippen LogP contribution is -2.16. The summed E-state index contributed by atoms with van der Waals surface area (Å²) in [5.41, 5.74) is 1.89. The second-order valence-electron chi connectivity index (χ2n) is 6.39. The number of H-pyrrole nitrogens is 1. The van der Waals surface area contributed by atoms with E-state index in [1.165, 1.54) is 32.4 Å². The number of carbonyl (C=O) groups is 2. The van der Waals surface area contributed by atoms with E-state index in [0.29, 0.717) is 22.2 Å². The van der Waals surface area contributed by atoms with Gasteiger partial charge in [-0.05, 0) is 31.2 Å². The molecule has 0 unspecified atom stereocenters. The van der Waals surface area contributed by atoms with Crippen molar-refractivity contribution in [3.8, 4) is 5.75 Å². The van der Waals surface area contributed by atoms with E-state index in [2.05, 4.69) is 14.7 Å². The predicted molar refractivity (Wildman–Crippen MR) is 105 cm³/mol. The van der Waals surface area contributed by atoms with Gasteiger partial charge in [0.05, 0.1) is 37.1 Å². The SMILES string of the molecule is COC(=O)c1ccc2c(=O)[nH]c(COC(=O)Cc3cc(C)ccc3OC)nc2c1. The molecule has 0 saturated heterocycles. The van der Waals surface area contributed by atoms with Crippen LogP contribution in [0.2, 0.25) is 0 Å². The van der Waals surface area contributed by atoms with E-state index in [1.54, 1.807) is 6.07 Å². The third-order valence-electron chi connectivity index (χ3n) is 4.32. The van der Waals surface area contributed by atoms with Crippen molar-refractivity contribution >= 4 is 22.8 Å². The molecule has 0 aliphatic heterocycles. The predicted octanol–water partition coefficient (Wildman–Crippen LogP) is 2.31. The lowest BCUT2D eigenvalue weighted by molar-refractivity contribution is -0.144. The topological polar surface area (TPSA) is 108 Å². The number of esters is 2. The Kier molecular flexibility index (Phi) is 5.92. The van der Waals surface area contributed by atoms with E-state index in [1.807, 2.05) is 19.1 Å². The zero-order valence-electron chi connectivity index (χ0n) is 16.3. The Bertz CT molecular complexity index is 1140. The number of hydrogen-bond donors (Lipinski definition) is 1. The highest BCUT2D eigenvalue weighted by Gasteiger charge is 2.13. The Labute approximate surface area is 166 Å². The first-order chi connectivity index (χ1) is 13.9. The summed E-state index contributed by atoms with van der Waals surface area (Å²) < 4.78 is 15.2. The summed E-state index contributed by atoms with van der Waals surface area (Å²) in [5, 5.41) is 0.317. The summed E-state index contributed by atoms with van der Waals surface area (Å²) in [7, 11) is 2.80. The van der Waals surface area contributed by atoms with Crippen molar-refractivity contribution in [2.45, 2.75) is 20.0 Å². The minimum atomic E-state index is -0.533. The zero-order chi connectivity index (χ0) is 21.0. The lowest BCUT2D eigenvalue weighted by atomic mass is 10.1. The van der Waals surface area contributed by atoms with Gasteiger partial charge in [-0.25, -0.2) is 9.78 Å². The van der Waals surface area contributed by atoms with Crippen LogP contribution in [0.15, 0.2) is 41.2 Å². The van der Waals surface area contributed by atoms with E-state index in [0.717, 1.165) is 5.56 Å². The molecule has 0 aliphatic carbocycles. The second kappa shape index (κ2) is 8.55. The number of carbonyl (C=O) groups excluding carboxylic acids is 2. The van der Waals surface area contributed by atoms with Crippen molar-refractivity contribution < 1.29 is 23.8 Å². The van der Waals surface area contributed by atoms with E-state index in [-0.39, 0.29) is 24.4 Å². The molecule has 29 heavy (non-hydrogen) atoms. The van der Waals surface area contributed by atoms with Gasteiger partial charge in [-0.15, -0.1) is 0 Å². The number of aromatic nitrogens is 2. The minimum Gasteiger partial charge on any atom is -0.496 e. The number of nitrogens with zero attached hydrogens (tertiary/aromatic N) is 1. The fraction of sp³-hybridized carbons (Fsp3) is 0.238. The average molecular weight is 396 g/mol. The zero-order valence-corrected chi connectivity index (χ0v) is 16.3. The third kappa shape index (κ3) is 4.60. The van der Waals surface area contributed by atoms with Gasteiger partial charge in [0.1, 0.15) is 18.2 Å². The molecule has 0 saturated carbocycles. The number of methoxy groups -OCH3 is 2. The fourth-order valence-corrected chi connectivity index (χ4v) is 2.90. The van der Waals surface area contributed by atoms with Crippen LogP contribution in [-0.2, 0) is 27.3 Å². The molecule has 3 rings (SSSR count). The van der Waals surface area contributed by atoms with E-state index in [9.17, 15) is 14.4 Å². The molecule has 8 heteroatoms. The quantitative estimate of drug-likeness (QED) is 0.637. The highest BCUT2D eigenvalue weighted by Crippen LogP contribution is 2.20. The van der Waals surface area contributed by atoms with Gasteiger partial charge in [0.15, 0.2) is 0 Å². The molecular formula is C21H20N2O6. The van der Waals surface area contributed by atoms with Crippen LogP contribution in [0.4, 0.5) is 0 Å². The maximum absolute atomic E-state index is 12.2. The summed E-state index contributed by atoms with van der Waals surface area (Å²) in [6.07, 6.45) is 0.0230. The molecule has 0 amide bonds. The number of benzene rings is 2. The van der Waals surface area contributed by atoms with Crippen molar-refractivity contribution in [1.29, 1.82) is 0 Å². The van der Waals surface area contributed by atoms with E-state index in [4.69, 9.17) is 9.47 Å². The van der Waals surface area contributed by atoms with Crippen LogP contribution in [0, 0.1) is 6.92 Å². The monoisotopic (exact) mass is 396 g/mol. The minimum absolute atomic E-state index is 0.0230. The highest BCUT2D eigenvalue weighted by molar-refractivity contribution is 5.93. The molecular weight excluding hydrogens is 376 g/mol. The molecule has 0 bridgehead atoms. The molecule has 0 aliphatic rings. The van der Waals surface area contributed by atoms with Gasteiger partial charge in [0.2, 0.25) is 0 Å². The maximum Gasteiger partial charge on any atom is 0.337 e. The first-order valence-corrected chi connectivity index (χ1v) is 8.81. The summed E-state index contributed by atoms with van der Waals surface area (Å²) in [6, 6.07) is 9.97. The molecule has 1 N–H and O–H groups in total. The highest BCUT2D eigenvalue weighted by atomic mass is 16.5. The number of hydrogen-bond acceptors (Lipinski definition) is 7. The number of rotatable bonds is 6. The Morgan fingerprint density at radius 2 is 1.90 bits per heavy atom. The average Bonchev–Trinajstić information content (AvgIpc) is 2.71. The van der Waals surface area contributed by atoms with Crippen molar-refractivity contribution in [2.24, 2.45) is 0 Å². The van der Waals surface area contributed by atoms with Crippen LogP contribution in [-0.4, -0.2) is 36.1 Å². The van der Waals surface area contributed by atoms with Crippen LogP contribution >= 0.6 is 0 Å². The van der Waals surface area contributed by atoms with Crippen molar-refractivity contribution in [1.82, 2.24) is 9.97 Å². The van der Waals surface area contributed by atoms with Crippen LogP contribution in [0.5, 0.6) is 5.75 Å². The summed E-state index contributed by atoms with van der Waals surface area (Å²) in [6.45, 7) is 1.71. The number of aryl methyl sites for hydroxylation is 1. The van der Waals surface area contributed by atoms with Crippen LogP contribution in [0.3, 0.4) is 0 Å². The van der Waals surface area contributed by atoms with Crippen LogP contribution < -0.4 is 10.3 Å². The number of aromatic amines is 1. The third-order valence-corrected chi connectivity index (χ3v) is 4.32. The number of nitrogens with one attached hydrogen (secondary N) is 1. The largest absolute Gasteiger partial charge is 0.496 e. The Hall–Kier alpha value is -3.68. The maximum atomic E-state index is 12.2. The molecule has 0 radical (unpaired) electrons. The number of ether oxygens (including phenoxy) is 3. The normalized spacial score (nSPS) is 10.6. The molecule has 150 valence electrons. The van der Waals surface area contributed by atoms with Crippen LogP contribution in [0.1, 0.15) is 27.3 Å². The van der Waals surface area contributed by atoms with Gasteiger partial charge in [-0.1, -0.05) is 17.7 Å². The van der Waals surface area contributed by atoms with Gasteiger partial charge in [0, 0.05) is 5.56 Å². The first-order valence-electron chi connectivity index (χ1n) is 8.81. The summed E-state index contributed by atoms with van der Waals surface area (Å²) >= 11 is 0. The Morgan fingerprint density at radius 1 is 1.10 bits per heavy atom. The van der Waals surface area contributed by atoms with Gasteiger partial charge in [0.25, 0.3) is 5.56 Å². The molecule has 8 nitrogen and oxygen atoms in total. The lowest BCUT2D eigenvalue weighted by Gasteiger charge is -2.10. The van der Waals surface area contributed by atoms with Crippen molar-refractivity contribution in [2.75, 3.05) is 14.2 Å². The molecule has 0 spiro atoms. The molecule has 2 aromatic carbocycles. The van der Waals surface area contributed by atoms with Gasteiger partial charge < -0.3 is 19.2 Å². The van der Waals surface area contributed by atoms with Gasteiger partial charge >= 0.3 is 11.9 Å². The Balaban J connectivity index is 1.76.